The third-order valence-electron chi connectivity index (χ3n) is 4.96. The Labute approximate surface area is 201 Å². The molecule has 0 fully saturated rings. The van der Waals surface area contributed by atoms with Gasteiger partial charge in [-0.2, -0.15) is 5.10 Å². The highest BCUT2D eigenvalue weighted by atomic mass is 19.2. The fourth-order valence-electron chi connectivity index (χ4n) is 3.16. The SMILES string of the molecule is COC(=O)c1ccc(OCc2ccc(C(=O)Nc3cnn(Cc4c(F)cc(F)c(F)c4F)c3)o2)cc1. The van der Waals surface area contributed by atoms with Crippen LogP contribution in [0.5, 0.6) is 5.75 Å². The molecule has 0 spiro atoms. The number of hydrogen-bond acceptors (Lipinski definition) is 6. The zero-order valence-corrected chi connectivity index (χ0v) is 18.6. The fourth-order valence-corrected chi connectivity index (χ4v) is 3.16. The average Bonchev–Trinajstić information content (AvgIpc) is 3.53. The maximum Gasteiger partial charge on any atom is 0.337 e. The Bertz CT molecular complexity index is 1420. The second-order valence-electron chi connectivity index (χ2n) is 7.40. The molecule has 0 radical (unpaired) electrons. The van der Waals surface area contributed by atoms with Gasteiger partial charge in [0.2, 0.25) is 0 Å². The number of methoxy groups -OCH3 is 1. The number of nitrogens with zero attached hydrogens (tertiary/aromatic N) is 2. The summed E-state index contributed by atoms with van der Waals surface area (Å²) in [6.45, 7) is -0.526. The summed E-state index contributed by atoms with van der Waals surface area (Å²) in [6, 6.07) is 9.45. The molecule has 1 N–H and O–H groups in total. The molecule has 0 aliphatic carbocycles. The Morgan fingerprint density at radius 2 is 1.78 bits per heavy atom. The molecule has 0 saturated heterocycles. The lowest BCUT2D eigenvalue weighted by atomic mass is 10.2. The number of furan rings is 1. The van der Waals surface area contributed by atoms with Crippen molar-refractivity contribution < 1.29 is 41.0 Å². The minimum absolute atomic E-state index is 0.00808. The number of aromatic nitrogens is 2. The van der Waals surface area contributed by atoms with Crippen molar-refractivity contribution in [1.29, 1.82) is 0 Å². The van der Waals surface area contributed by atoms with Gasteiger partial charge in [0, 0.05) is 17.8 Å². The third-order valence-corrected chi connectivity index (χ3v) is 4.96. The van der Waals surface area contributed by atoms with Crippen molar-refractivity contribution in [2.24, 2.45) is 0 Å². The lowest BCUT2D eigenvalue weighted by Crippen LogP contribution is -2.11. The summed E-state index contributed by atoms with van der Waals surface area (Å²) in [4.78, 5) is 23.9. The molecular weight excluding hydrogens is 486 g/mol. The van der Waals surface area contributed by atoms with Crippen molar-refractivity contribution in [3.8, 4) is 5.75 Å². The molecule has 0 aliphatic heterocycles. The molecule has 0 atom stereocenters. The molecule has 2 heterocycles. The number of esters is 1. The minimum atomic E-state index is -1.79. The number of hydrogen-bond donors (Lipinski definition) is 1. The second-order valence-corrected chi connectivity index (χ2v) is 7.40. The molecule has 0 aliphatic rings. The molecule has 12 heteroatoms. The van der Waals surface area contributed by atoms with Crippen LogP contribution in [0.25, 0.3) is 0 Å². The molecular formula is C24H17F4N3O5. The Morgan fingerprint density at radius 3 is 2.50 bits per heavy atom. The number of nitrogens with one attached hydrogen (secondary N) is 1. The van der Waals surface area contributed by atoms with Crippen LogP contribution in [0, 0.1) is 23.3 Å². The van der Waals surface area contributed by atoms with E-state index in [-0.39, 0.29) is 24.1 Å². The first-order valence-electron chi connectivity index (χ1n) is 10.3. The maximum absolute atomic E-state index is 13.9. The summed E-state index contributed by atoms with van der Waals surface area (Å²) >= 11 is 0. The minimum Gasteiger partial charge on any atom is -0.486 e. The molecule has 36 heavy (non-hydrogen) atoms. The Hall–Kier alpha value is -4.61. The summed E-state index contributed by atoms with van der Waals surface area (Å²) in [6.07, 6.45) is 2.46. The standard InChI is InChI=1S/C24H17F4N3O5/c1-34-24(33)13-2-4-15(5-3-13)35-12-16-6-7-20(36-16)23(32)30-14-9-29-31(10-14)11-17-18(25)8-19(26)22(28)21(17)27/h2-10H,11-12H2,1H3,(H,30,32). The van der Waals surface area contributed by atoms with Gasteiger partial charge in [-0.05, 0) is 36.4 Å². The Kier molecular flexibility index (Phi) is 7.04. The van der Waals surface area contributed by atoms with Crippen LogP contribution in [-0.4, -0.2) is 28.8 Å². The number of amides is 1. The van der Waals surface area contributed by atoms with Crippen molar-refractivity contribution in [2.45, 2.75) is 13.2 Å². The van der Waals surface area contributed by atoms with Gasteiger partial charge in [-0.1, -0.05) is 0 Å². The number of rotatable bonds is 8. The number of halogens is 4. The topological polar surface area (TPSA) is 95.6 Å². The van der Waals surface area contributed by atoms with Crippen molar-refractivity contribution in [3.63, 3.8) is 0 Å². The van der Waals surface area contributed by atoms with E-state index in [0.29, 0.717) is 17.1 Å². The summed E-state index contributed by atoms with van der Waals surface area (Å²) in [7, 11) is 1.28. The van der Waals surface area contributed by atoms with E-state index in [2.05, 4.69) is 15.2 Å². The van der Waals surface area contributed by atoms with Gasteiger partial charge >= 0.3 is 5.97 Å². The highest BCUT2D eigenvalue weighted by Gasteiger charge is 2.20. The van der Waals surface area contributed by atoms with Crippen LogP contribution in [-0.2, 0) is 17.9 Å². The Balaban J connectivity index is 1.34. The van der Waals surface area contributed by atoms with E-state index in [9.17, 15) is 27.2 Å². The van der Waals surface area contributed by atoms with E-state index in [1.54, 1.807) is 12.1 Å². The Morgan fingerprint density at radius 1 is 1.03 bits per heavy atom. The molecule has 4 rings (SSSR count). The second kappa shape index (κ2) is 10.3. The zero-order chi connectivity index (χ0) is 25.8. The van der Waals surface area contributed by atoms with Gasteiger partial charge in [-0.3, -0.25) is 9.48 Å². The highest BCUT2D eigenvalue weighted by Crippen LogP contribution is 2.21. The number of ether oxygens (including phenoxy) is 2. The van der Waals surface area contributed by atoms with Gasteiger partial charge in [0.15, 0.2) is 23.2 Å². The molecule has 0 bridgehead atoms. The first kappa shape index (κ1) is 24.5. The van der Waals surface area contributed by atoms with Gasteiger partial charge in [0.1, 0.15) is 23.9 Å². The summed E-state index contributed by atoms with van der Waals surface area (Å²) in [5.74, 6) is -6.69. The van der Waals surface area contributed by atoms with Crippen LogP contribution < -0.4 is 10.1 Å². The third kappa shape index (κ3) is 5.37. The van der Waals surface area contributed by atoms with Crippen molar-refractivity contribution in [2.75, 3.05) is 12.4 Å². The van der Waals surface area contributed by atoms with Crippen LogP contribution in [0.2, 0.25) is 0 Å². The number of anilines is 1. The summed E-state index contributed by atoms with van der Waals surface area (Å²) in [5.41, 5.74) is -0.181. The average molecular weight is 503 g/mol. The van der Waals surface area contributed by atoms with E-state index in [1.165, 1.54) is 43.8 Å². The summed E-state index contributed by atoms with van der Waals surface area (Å²) < 4.78 is 70.9. The van der Waals surface area contributed by atoms with Gasteiger partial charge in [0.05, 0.1) is 31.1 Å². The molecule has 186 valence electrons. The predicted octanol–water partition coefficient (Wildman–Crippen LogP) is 4.70. The lowest BCUT2D eigenvalue weighted by Gasteiger charge is -2.07. The molecule has 8 nitrogen and oxygen atoms in total. The molecule has 0 unspecified atom stereocenters. The number of carbonyl (C=O) groups is 2. The smallest absolute Gasteiger partial charge is 0.337 e. The number of carbonyl (C=O) groups excluding carboxylic acids is 2. The van der Waals surface area contributed by atoms with Crippen LogP contribution in [0.4, 0.5) is 23.2 Å². The summed E-state index contributed by atoms with van der Waals surface area (Å²) in [5, 5.41) is 6.36. The van der Waals surface area contributed by atoms with Crippen molar-refractivity contribution >= 4 is 17.6 Å². The zero-order valence-electron chi connectivity index (χ0n) is 18.6. The highest BCUT2D eigenvalue weighted by molar-refractivity contribution is 6.02. The van der Waals surface area contributed by atoms with Gasteiger partial charge in [-0.15, -0.1) is 0 Å². The van der Waals surface area contributed by atoms with Crippen LogP contribution in [0.15, 0.2) is 59.3 Å². The van der Waals surface area contributed by atoms with Crippen LogP contribution >= 0.6 is 0 Å². The van der Waals surface area contributed by atoms with Gasteiger partial charge < -0.3 is 19.2 Å². The first-order valence-corrected chi connectivity index (χ1v) is 10.3. The predicted molar refractivity (Wildman–Crippen MR) is 116 cm³/mol. The molecule has 0 saturated carbocycles. The van der Waals surface area contributed by atoms with Crippen LogP contribution in [0.3, 0.4) is 0 Å². The van der Waals surface area contributed by atoms with Crippen molar-refractivity contribution in [1.82, 2.24) is 9.78 Å². The number of benzene rings is 2. The van der Waals surface area contributed by atoms with E-state index in [0.717, 1.165) is 4.68 Å². The quantitative estimate of drug-likeness (QED) is 0.162. The molecule has 2 aromatic heterocycles. The molecule has 1 amide bonds. The molecule has 2 aromatic carbocycles. The lowest BCUT2D eigenvalue weighted by molar-refractivity contribution is 0.0600. The molecule has 4 aromatic rings. The monoisotopic (exact) mass is 503 g/mol. The van der Waals surface area contributed by atoms with E-state index >= 15 is 0 Å². The van der Waals surface area contributed by atoms with Gasteiger partial charge in [-0.25, -0.2) is 22.4 Å². The maximum atomic E-state index is 13.9. The van der Waals surface area contributed by atoms with E-state index in [1.807, 2.05) is 0 Å². The van der Waals surface area contributed by atoms with E-state index in [4.69, 9.17) is 9.15 Å². The first-order chi connectivity index (χ1) is 17.2. The van der Waals surface area contributed by atoms with Gasteiger partial charge in [0.25, 0.3) is 5.91 Å². The largest absolute Gasteiger partial charge is 0.486 e. The van der Waals surface area contributed by atoms with Crippen LogP contribution in [0.1, 0.15) is 32.2 Å². The normalized spacial score (nSPS) is 10.8. The fraction of sp³-hybridized carbons (Fsp3) is 0.125. The van der Waals surface area contributed by atoms with E-state index < -0.39 is 47.3 Å². The van der Waals surface area contributed by atoms with Crippen molar-refractivity contribution in [3.05, 3.63) is 101 Å².